The Kier molecular flexibility index (Phi) is 8.47. The Morgan fingerprint density at radius 3 is 2.34 bits per heavy atom. The van der Waals surface area contributed by atoms with Crippen molar-refractivity contribution in [1.82, 2.24) is 9.80 Å². The second-order valence-corrected chi connectivity index (χ2v) is 9.84. The summed E-state index contributed by atoms with van der Waals surface area (Å²) < 4.78 is 10.9. The van der Waals surface area contributed by atoms with Crippen LogP contribution in [0.25, 0.3) is 11.0 Å². The molecular weight excluding hydrogens is 408 g/mol. The number of furan rings is 1. The fraction of sp³-hybridized carbons (Fsp3) is 0.560. The van der Waals surface area contributed by atoms with Crippen LogP contribution in [0.5, 0.6) is 0 Å². The fourth-order valence-electron chi connectivity index (χ4n) is 3.29. The summed E-state index contributed by atoms with van der Waals surface area (Å²) in [5.74, 6) is -0.662. The summed E-state index contributed by atoms with van der Waals surface area (Å²) >= 11 is 0. The minimum absolute atomic E-state index is 0.0401. The first-order valence-electron chi connectivity index (χ1n) is 11.2. The Bertz CT molecular complexity index is 939. The summed E-state index contributed by atoms with van der Waals surface area (Å²) in [6, 6.07) is 7.45. The van der Waals surface area contributed by atoms with E-state index in [2.05, 4.69) is 0 Å². The number of ether oxygens (including phenoxy) is 1. The maximum atomic E-state index is 13.1. The lowest BCUT2D eigenvalue weighted by molar-refractivity contribution is -0.147. The third-order valence-electron chi connectivity index (χ3n) is 4.75. The number of rotatable bonds is 8. The lowest BCUT2D eigenvalue weighted by atomic mass is 10.1. The first-order valence-corrected chi connectivity index (χ1v) is 11.2. The monoisotopic (exact) mass is 444 g/mol. The summed E-state index contributed by atoms with van der Waals surface area (Å²) in [4.78, 5) is 41.4. The van der Waals surface area contributed by atoms with E-state index in [0.717, 1.165) is 16.5 Å². The predicted octanol–water partition coefficient (Wildman–Crippen LogP) is 5.23. The molecule has 2 rings (SSSR count). The Morgan fingerprint density at radius 2 is 1.75 bits per heavy atom. The maximum Gasteiger partial charge on any atom is 0.410 e. The molecule has 0 radical (unpaired) electrons. The molecule has 0 aliphatic carbocycles. The predicted molar refractivity (Wildman–Crippen MR) is 124 cm³/mol. The number of carbonyl (C=O) groups excluding carboxylic acids is 3. The standard InChI is InChI=1S/C25H36N2O5/c1-17(2)15-26(24(30)32-25(5,6)7)12-10-22(28)27(23(29)18(3)4)16-19-8-9-21-20(14-19)11-13-31-21/h8-9,11,13-14,17-18H,10,12,15-16H2,1-7H3. The van der Waals surface area contributed by atoms with Crippen molar-refractivity contribution in [3.63, 3.8) is 0 Å². The van der Waals surface area contributed by atoms with Crippen molar-refractivity contribution in [3.8, 4) is 0 Å². The van der Waals surface area contributed by atoms with Crippen LogP contribution in [0, 0.1) is 11.8 Å². The highest BCUT2D eigenvalue weighted by molar-refractivity contribution is 5.96. The van der Waals surface area contributed by atoms with Gasteiger partial charge in [0.15, 0.2) is 0 Å². The van der Waals surface area contributed by atoms with Crippen molar-refractivity contribution in [2.45, 2.75) is 67.0 Å². The van der Waals surface area contributed by atoms with Gasteiger partial charge < -0.3 is 14.1 Å². The van der Waals surface area contributed by atoms with E-state index in [4.69, 9.17) is 9.15 Å². The second-order valence-electron chi connectivity index (χ2n) is 9.84. The molecule has 0 unspecified atom stereocenters. The van der Waals surface area contributed by atoms with E-state index in [1.165, 1.54) is 4.90 Å². The van der Waals surface area contributed by atoms with Crippen LogP contribution in [0.3, 0.4) is 0 Å². The number of carbonyl (C=O) groups is 3. The van der Waals surface area contributed by atoms with Gasteiger partial charge in [-0.3, -0.25) is 14.5 Å². The Labute approximate surface area is 190 Å². The maximum absolute atomic E-state index is 13.1. The molecule has 0 saturated heterocycles. The molecule has 0 aliphatic heterocycles. The van der Waals surface area contributed by atoms with E-state index in [1.807, 2.05) is 58.9 Å². The van der Waals surface area contributed by atoms with E-state index < -0.39 is 11.7 Å². The highest BCUT2D eigenvalue weighted by Crippen LogP contribution is 2.20. The molecule has 1 aromatic carbocycles. The lowest BCUT2D eigenvalue weighted by Gasteiger charge is -2.29. The SMILES string of the molecule is CC(C)CN(CCC(=O)N(Cc1ccc2occc2c1)C(=O)C(C)C)C(=O)OC(C)(C)C. The molecule has 0 aliphatic rings. The molecule has 0 spiro atoms. The molecule has 1 aromatic heterocycles. The third-order valence-corrected chi connectivity index (χ3v) is 4.75. The number of nitrogens with zero attached hydrogens (tertiary/aromatic N) is 2. The Hall–Kier alpha value is -2.83. The topological polar surface area (TPSA) is 80.1 Å². The van der Waals surface area contributed by atoms with E-state index in [-0.39, 0.29) is 43.2 Å². The summed E-state index contributed by atoms with van der Waals surface area (Å²) in [6.07, 6.45) is 1.20. The molecule has 32 heavy (non-hydrogen) atoms. The minimum atomic E-state index is -0.623. The van der Waals surface area contributed by atoms with Gasteiger partial charge >= 0.3 is 6.09 Å². The van der Waals surface area contributed by atoms with Gasteiger partial charge in [0.2, 0.25) is 11.8 Å². The number of amides is 3. The number of imide groups is 1. The van der Waals surface area contributed by atoms with Crippen molar-refractivity contribution in [1.29, 1.82) is 0 Å². The minimum Gasteiger partial charge on any atom is -0.464 e. The number of hydrogen-bond acceptors (Lipinski definition) is 5. The van der Waals surface area contributed by atoms with Crippen LogP contribution in [0.2, 0.25) is 0 Å². The Balaban J connectivity index is 2.15. The van der Waals surface area contributed by atoms with E-state index in [1.54, 1.807) is 25.0 Å². The zero-order valence-electron chi connectivity index (χ0n) is 20.3. The van der Waals surface area contributed by atoms with Gasteiger partial charge in [0.05, 0.1) is 12.8 Å². The van der Waals surface area contributed by atoms with Crippen LogP contribution in [-0.2, 0) is 20.9 Å². The largest absolute Gasteiger partial charge is 0.464 e. The first kappa shape index (κ1) is 25.4. The van der Waals surface area contributed by atoms with Gasteiger partial charge in [-0.25, -0.2) is 4.79 Å². The molecule has 0 fully saturated rings. The molecular formula is C25H36N2O5. The zero-order valence-corrected chi connectivity index (χ0v) is 20.3. The highest BCUT2D eigenvalue weighted by atomic mass is 16.6. The summed E-state index contributed by atoms with van der Waals surface area (Å²) in [5, 5.41) is 0.917. The molecule has 7 heteroatoms. The normalized spacial score (nSPS) is 11.8. The molecule has 0 saturated carbocycles. The average molecular weight is 445 g/mol. The van der Waals surface area contributed by atoms with Crippen LogP contribution in [0.4, 0.5) is 4.79 Å². The van der Waals surface area contributed by atoms with Crippen LogP contribution in [0.1, 0.15) is 60.5 Å². The van der Waals surface area contributed by atoms with Gasteiger partial charge in [-0.2, -0.15) is 0 Å². The van der Waals surface area contributed by atoms with Gasteiger partial charge in [-0.1, -0.05) is 33.8 Å². The Morgan fingerprint density at radius 1 is 1.06 bits per heavy atom. The van der Waals surface area contributed by atoms with Gasteiger partial charge in [-0.05, 0) is 50.5 Å². The van der Waals surface area contributed by atoms with Crippen LogP contribution in [-0.4, -0.2) is 46.4 Å². The molecule has 0 atom stereocenters. The van der Waals surface area contributed by atoms with E-state index in [9.17, 15) is 14.4 Å². The number of benzene rings is 1. The summed E-state index contributed by atoms with van der Waals surface area (Å²) in [5.41, 5.74) is 0.970. The number of hydrogen-bond donors (Lipinski definition) is 0. The summed E-state index contributed by atoms with van der Waals surface area (Å²) in [6.45, 7) is 13.8. The van der Waals surface area contributed by atoms with Gasteiger partial charge in [0, 0.05) is 30.8 Å². The van der Waals surface area contributed by atoms with Crippen LogP contribution >= 0.6 is 0 Å². The fourth-order valence-corrected chi connectivity index (χ4v) is 3.29. The average Bonchev–Trinajstić information content (AvgIpc) is 3.14. The molecule has 0 bridgehead atoms. The second kappa shape index (κ2) is 10.7. The van der Waals surface area contributed by atoms with Gasteiger partial charge in [-0.15, -0.1) is 0 Å². The van der Waals surface area contributed by atoms with Crippen molar-refractivity contribution in [2.24, 2.45) is 11.8 Å². The number of fused-ring (bicyclic) bond motifs is 1. The van der Waals surface area contributed by atoms with Crippen molar-refractivity contribution in [3.05, 3.63) is 36.1 Å². The zero-order chi connectivity index (χ0) is 24.1. The van der Waals surface area contributed by atoms with Crippen molar-refractivity contribution >= 4 is 28.9 Å². The highest BCUT2D eigenvalue weighted by Gasteiger charge is 2.27. The van der Waals surface area contributed by atoms with Crippen LogP contribution < -0.4 is 0 Å². The molecule has 2 aromatic rings. The molecule has 176 valence electrons. The van der Waals surface area contributed by atoms with Gasteiger partial charge in [0.25, 0.3) is 0 Å². The first-order chi connectivity index (χ1) is 14.9. The lowest BCUT2D eigenvalue weighted by Crippen LogP contribution is -2.43. The van der Waals surface area contributed by atoms with Crippen molar-refractivity contribution < 1.29 is 23.5 Å². The molecule has 1 heterocycles. The third kappa shape index (κ3) is 7.39. The van der Waals surface area contributed by atoms with Crippen LogP contribution in [0.15, 0.2) is 34.9 Å². The van der Waals surface area contributed by atoms with E-state index in [0.29, 0.717) is 6.54 Å². The van der Waals surface area contributed by atoms with E-state index >= 15 is 0 Å². The quantitative estimate of drug-likeness (QED) is 0.557. The smallest absolute Gasteiger partial charge is 0.410 e. The summed E-state index contributed by atoms with van der Waals surface area (Å²) in [7, 11) is 0. The molecule has 7 nitrogen and oxygen atoms in total. The molecule has 0 N–H and O–H groups in total. The molecule has 3 amide bonds. The van der Waals surface area contributed by atoms with Gasteiger partial charge in [0.1, 0.15) is 11.2 Å². The van der Waals surface area contributed by atoms with Crippen molar-refractivity contribution in [2.75, 3.05) is 13.1 Å².